The first-order valence-electron chi connectivity index (χ1n) is 11.9. The maximum atomic E-state index is 13.5. The van der Waals surface area contributed by atoms with Crippen molar-refractivity contribution >= 4 is 22.8 Å². The smallest absolute Gasteiger partial charge is 0.181 e. The number of allylic oxidation sites excluding steroid dienone is 1. The number of nitrogens with zero attached hydrogens (tertiary/aromatic N) is 2. The van der Waals surface area contributed by atoms with E-state index in [1.807, 2.05) is 6.21 Å². The van der Waals surface area contributed by atoms with Gasteiger partial charge in [-0.2, -0.15) is 0 Å². The molecule has 1 saturated carbocycles. The normalized spacial score (nSPS) is 29.3. The van der Waals surface area contributed by atoms with Crippen molar-refractivity contribution < 1.29 is 14.2 Å². The van der Waals surface area contributed by atoms with Gasteiger partial charge >= 0.3 is 0 Å². The molecule has 33 heavy (non-hydrogen) atoms. The second-order valence-corrected chi connectivity index (χ2v) is 9.62. The molecule has 1 aliphatic carbocycles. The quantitative estimate of drug-likeness (QED) is 0.496. The molecule has 3 aromatic rings. The van der Waals surface area contributed by atoms with Crippen LogP contribution < -0.4 is 0 Å². The Kier molecular flexibility index (Phi) is 5.35. The lowest BCUT2D eigenvalue weighted by Gasteiger charge is -2.28. The summed E-state index contributed by atoms with van der Waals surface area (Å²) in [4.78, 5) is 12.5. The van der Waals surface area contributed by atoms with Crippen LogP contribution in [0.15, 0.2) is 53.5 Å². The van der Waals surface area contributed by atoms with E-state index in [1.165, 1.54) is 48.9 Å². The first-order chi connectivity index (χ1) is 16.1. The van der Waals surface area contributed by atoms with Gasteiger partial charge in [-0.1, -0.05) is 30.3 Å². The third-order valence-corrected chi connectivity index (χ3v) is 7.43. The summed E-state index contributed by atoms with van der Waals surface area (Å²) >= 11 is 0. The van der Waals surface area contributed by atoms with Crippen molar-refractivity contribution in [2.75, 3.05) is 0 Å². The molecule has 3 aliphatic rings. The molecule has 2 aliphatic heterocycles. The number of aliphatic imine (C=N–C) groups is 1. The number of nitrogens with one attached hydrogen (secondary N) is 1. The molecular formula is C27H28FN3O2. The van der Waals surface area contributed by atoms with Crippen LogP contribution >= 0.6 is 0 Å². The number of hydrogen-bond donors (Lipinski definition) is 2. The van der Waals surface area contributed by atoms with Crippen LogP contribution in [0.2, 0.25) is 0 Å². The number of benzene rings is 2. The van der Waals surface area contributed by atoms with Crippen molar-refractivity contribution in [3.63, 3.8) is 0 Å². The Hall–Kier alpha value is -2.83. The summed E-state index contributed by atoms with van der Waals surface area (Å²) in [5, 5.41) is 9.38. The molecule has 1 saturated heterocycles. The highest BCUT2D eigenvalue weighted by Crippen LogP contribution is 2.40. The van der Waals surface area contributed by atoms with Crippen molar-refractivity contribution in [3.05, 3.63) is 71.3 Å². The summed E-state index contributed by atoms with van der Waals surface area (Å²) in [6, 6.07) is 13.7. The number of dihydropyridines is 1. The standard InChI is InChI=1S/C27H28FN3O2/c28-21-10-12-23-24(14-21)31-26(30-23)20-9-11-22(29-15-20)19-7-5-18(6-8-19)17-3-1-16(2-4-17)13-25-27(32)33-25/h5-10,12,14-17,22,25,27,32H,1-4,11,13H2,(H,30,31). The molecule has 2 aromatic carbocycles. The second-order valence-electron chi connectivity index (χ2n) is 9.62. The van der Waals surface area contributed by atoms with E-state index < -0.39 is 6.29 Å². The van der Waals surface area contributed by atoms with Crippen LogP contribution in [-0.2, 0) is 4.74 Å². The van der Waals surface area contributed by atoms with Gasteiger partial charge in [0.15, 0.2) is 6.29 Å². The molecule has 2 N–H and O–H groups in total. The van der Waals surface area contributed by atoms with Gasteiger partial charge in [-0.25, -0.2) is 9.37 Å². The highest BCUT2D eigenvalue weighted by atomic mass is 19.1. The van der Waals surface area contributed by atoms with Crippen molar-refractivity contribution in [2.45, 2.75) is 62.9 Å². The van der Waals surface area contributed by atoms with Gasteiger partial charge in [0.25, 0.3) is 0 Å². The van der Waals surface area contributed by atoms with Crippen LogP contribution in [0, 0.1) is 11.7 Å². The number of ether oxygens (including phenoxy) is 1. The number of aromatic amines is 1. The minimum Gasteiger partial charge on any atom is -0.366 e. The van der Waals surface area contributed by atoms with Gasteiger partial charge in [-0.15, -0.1) is 0 Å². The van der Waals surface area contributed by atoms with Crippen LogP contribution in [-0.4, -0.2) is 33.7 Å². The van der Waals surface area contributed by atoms with Gasteiger partial charge in [-0.05, 0) is 79.7 Å². The molecule has 6 rings (SSSR count). The number of fused-ring (bicyclic) bond motifs is 1. The summed E-state index contributed by atoms with van der Waals surface area (Å²) < 4.78 is 18.6. The van der Waals surface area contributed by atoms with Crippen LogP contribution in [0.25, 0.3) is 16.6 Å². The van der Waals surface area contributed by atoms with E-state index in [-0.39, 0.29) is 18.0 Å². The Balaban J connectivity index is 1.07. The summed E-state index contributed by atoms with van der Waals surface area (Å²) in [6.45, 7) is 0. The average molecular weight is 446 g/mol. The van der Waals surface area contributed by atoms with E-state index in [4.69, 9.17) is 9.73 Å². The molecule has 6 heteroatoms. The fraction of sp³-hybridized carbons (Fsp3) is 0.407. The third kappa shape index (κ3) is 4.37. The number of epoxide rings is 1. The van der Waals surface area contributed by atoms with Crippen LogP contribution in [0.4, 0.5) is 4.39 Å². The Morgan fingerprint density at radius 3 is 2.48 bits per heavy atom. The molecule has 3 unspecified atom stereocenters. The third-order valence-electron chi connectivity index (χ3n) is 7.43. The SMILES string of the molecule is OC1OC1CC1CCC(c2ccc(C3CC=C(c4nc5ccc(F)cc5[nH]4)C=N3)cc2)CC1. The predicted molar refractivity (Wildman–Crippen MR) is 127 cm³/mol. The summed E-state index contributed by atoms with van der Waals surface area (Å²) in [5.74, 6) is 1.77. The largest absolute Gasteiger partial charge is 0.366 e. The lowest BCUT2D eigenvalue weighted by atomic mass is 9.77. The number of rotatable bonds is 5. The van der Waals surface area contributed by atoms with E-state index in [1.54, 1.807) is 6.07 Å². The zero-order valence-corrected chi connectivity index (χ0v) is 18.5. The Morgan fingerprint density at radius 1 is 1.03 bits per heavy atom. The summed E-state index contributed by atoms with van der Waals surface area (Å²) in [6.07, 6.45) is 10.3. The van der Waals surface area contributed by atoms with Crippen molar-refractivity contribution in [2.24, 2.45) is 10.9 Å². The molecule has 3 atom stereocenters. The Bertz CT molecular complexity index is 1210. The maximum absolute atomic E-state index is 13.5. The molecule has 0 bridgehead atoms. The zero-order valence-electron chi connectivity index (χ0n) is 18.5. The van der Waals surface area contributed by atoms with Gasteiger partial charge in [0, 0.05) is 11.8 Å². The molecule has 3 heterocycles. The fourth-order valence-electron chi connectivity index (χ4n) is 5.38. The lowest BCUT2D eigenvalue weighted by molar-refractivity contribution is 0.155. The Labute approximate surface area is 192 Å². The highest BCUT2D eigenvalue weighted by molar-refractivity contribution is 6.09. The van der Waals surface area contributed by atoms with Crippen molar-refractivity contribution in [1.82, 2.24) is 9.97 Å². The van der Waals surface area contributed by atoms with E-state index in [0.717, 1.165) is 29.8 Å². The molecular weight excluding hydrogens is 417 g/mol. The van der Waals surface area contributed by atoms with E-state index in [2.05, 4.69) is 40.3 Å². The minimum absolute atomic E-state index is 0.0892. The molecule has 1 aromatic heterocycles. The van der Waals surface area contributed by atoms with Gasteiger partial charge in [0.05, 0.1) is 17.1 Å². The molecule has 170 valence electrons. The first kappa shape index (κ1) is 20.8. The Morgan fingerprint density at radius 2 is 1.79 bits per heavy atom. The highest BCUT2D eigenvalue weighted by Gasteiger charge is 2.39. The lowest BCUT2D eigenvalue weighted by Crippen LogP contribution is -2.15. The van der Waals surface area contributed by atoms with Crippen molar-refractivity contribution in [1.29, 1.82) is 0 Å². The molecule has 0 amide bonds. The monoisotopic (exact) mass is 445 g/mol. The topological polar surface area (TPSA) is 73.8 Å². The van der Waals surface area contributed by atoms with Gasteiger partial charge in [0.2, 0.25) is 0 Å². The van der Waals surface area contributed by atoms with Gasteiger partial charge < -0.3 is 14.8 Å². The number of aliphatic hydroxyl groups is 1. The van der Waals surface area contributed by atoms with Crippen molar-refractivity contribution in [3.8, 4) is 0 Å². The van der Waals surface area contributed by atoms with E-state index in [9.17, 15) is 9.50 Å². The number of H-pyrrole nitrogens is 1. The predicted octanol–water partition coefficient (Wildman–Crippen LogP) is 5.68. The van der Waals surface area contributed by atoms with Gasteiger partial charge in [-0.3, -0.25) is 4.99 Å². The van der Waals surface area contributed by atoms with E-state index in [0.29, 0.717) is 17.4 Å². The van der Waals surface area contributed by atoms with Crippen LogP contribution in [0.1, 0.15) is 67.4 Å². The number of hydrogen-bond acceptors (Lipinski definition) is 4. The fourth-order valence-corrected chi connectivity index (χ4v) is 5.38. The number of aliphatic hydroxyl groups excluding tert-OH is 1. The summed E-state index contributed by atoms with van der Waals surface area (Å²) in [5.41, 5.74) is 5.05. The first-order valence-corrected chi connectivity index (χ1v) is 11.9. The second kappa shape index (κ2) is 8.50. The minimum atomic E-state index is -0.507. The number of halogens is 1. The molecule has 2 fully saturated rings. The van der Waals surface area contributed by atoms with Gasteiger partial charge in [0.1, 0.15) is 17.7 Å². The molecule has 0 radical (unpaired) electrons. The maximum Gasteiger partial charge on any atom is 0.181 e. The average Bonchev–Trinajstić information content (AvgIpc) is 3.37. The zero-order chi connectivity index (χ0) is 22.4. The van der Waals surface area contributed by atoms with E-state index >= 15 is 0 Å². The van der Waals surface area contributed by atoms with Crippen LogP contribution in [0.5, 0.6) is 0 Å². The molecule has 5 nitrogen and oxygen atoms in total. The summed E-state index contributed by atoms with van der Waals surface area (Å²) in [7, 11) is 0. The number of imidazole rings is 1. The number of aromatic nitrogens is 2. The van der Waals surface area contributed by atoms with Crippen LogP contribution in [0.3, 0.4) is 0 Å². The molecule has 0 spiro atoms.